The molecule has 0 fully saturated rings. The van der Waals surface area contributed by atoms with Crippen molar-refractivity contribution in [3.05, 3.63) is 70.4 Å². The second kappa shape index (κ2) is 7.62. The van der Waals surface area contributed by atoms with Crippen molar-refractivity contribution in [1.29, 1.82) is 0 Å². The maximum absolute atomic E-state index is 12.4. The van der Waals surface area contributed by atoms with Crippen LogP contribution in [0.25, 0.3) is 11.3 Å². The summed E-state index contributed by atoms with van der Waals surface area (Å²) in [5, 5.41) is 7.25. The molecule has 3 aromatic rings. The van der Waals surface area contributed by atoms with Crippen LogP contribution in [0.2, 0.25) is 5.02 Å². The fourth-order valence-corrected chi connectivity index (χ4v) is 2.95. The lowest BCUT2D eigenvalue weighted by molar-refractivity contribution is 0.121. The highest BCUT2D eigenvalue weighted by Crippen LogP contribution is 2.32. The molecule has 0 spiro atoms. The molecule has 1 atom stereocenters. The molecule has 3 rings (SSSR count). The van der Waals surface area contributed by atoms with Crippen LogP contribution in [0.15, 0.2) is 53.1 Å². The average Bonchev–Trinajstić information content (AvgIpc) is 2.96. The van der Waals surface area contributed by atoms with Crippen molar-refractivity contribution >= 4 is 23.4 Å². The number of aryl methyl sites for hydroxylation is 2. The van der Waals surface area contributed by atoms with Gasteiger partial charge >= 0.3 is 6.09 Å². The summed E-state index contributed by atoms with van der Waals surface area (Å²) >= 11 is 6.15. The van der Waals surface area contributed by atoms with Crippen LogP contribution < -0.4 is 5.32 Å². The number of carbonyl (C=O) groups excluding carboxylic acids is 1. The Morgan fingerprint density at radius 3 is 2.69 bits per heavy atom. The molecule has 0 saturated carbocycles. The van der Waals surface area contributed by atoms with E-state index in [4.69, 9.17) is 20.9 Å². The first kappa shape index (κ1) is 18.0. The Morgan fingerprint density at radius 1 is 1.19 bits per heavy atom. The maximum Gasteiger partial charge on any atom is 0.412 e. The van der Waals surface area contributed by atoms with Gasteiger partial charge in [-0.15, -0.1) is 0 Å². The zero-order valence-corrected chi connectivity index (χ0v) is 15.5. The Kier molecular flexibility index (Phi) is 5.28. The molecular formula is C20H19ClN2O3. The van der Waals surface area contributed by atoms with Crippen molar-refractivity contribution in [2.75, 3.05) is 5.32 Å². The molecule has 1 unspecified atom stereocenters. The SMILES string of the molecule is Cc1cccc(-c2onc(C)c2NC(=O)OC(C)c2ccccc2Cl)c1. The highest BCUT2D eigenvalue weighted by molar-refractivity contribution is 6.31. The van der Waals surface area contributed by atoms with E-state index in [2.05, 4.69) is 10.5 Å². The van der Waals surface area contributed by atoms with Crippen LogP contribution in [0.1, 0.15) is 29.8 Å². The van der Waals surface area contributed by atoms with Crippen LogP contribution in [0, 0.1) is 13.8 Å². The zero-order chi connectivity index (χ0) is 18.7. The third kappa shape index (κ3) is 3.89. The molecule has 0 bridgehead atoms. The van der Waals surface area contributed by atoms with Crippen molar-refractivity contribution in [2.24, 2.45) is 0 Å². The number of hydrogen-bond donors (Lipinski definition) is 1. The fraction of sp³-hybridized carbons (Fsp3) is 0.200. The van der Waals surface area contributed by atoms with Gasteiger partial charge in [0.2, 0.25) is 0 Å². The molecule has 134 valence electrons. The number of aromatic nitrogens is 1. The van der Waals surface area contributed by atoms with Gasteiger partial charge in [-0.2, -0.15) is 0 Å². The summed E-state index contributed by atoms with van der Waals surface area (Å²) in [4.78, 5) is 12.4. The molecular weight excluding hydrogens is 352 g/mol. The predicted octanol–water partition coefficient (Wildman–Crippen LogP) is 5.92. The largest absolute Gasteiger partial charge is 0.441 e. The maximum atomic E-state index is 12.4. The van der Waals surface area contributed by atoms with E-state index in [1.165, 1.54) is 0 Å². The lowest BCUT2D eigenvalue weighted by Crippen LogP contribution is -2.17. The molecule has 0 aliphatic heterocycles. The molecule has 0 aliphatic carbocycles. The fourth-order valence-electron chi connectivity index (χ4n) is 2.66. The van der Waals surface area contributed by atoms with Gasteiger partial charge in [0.15, 0.2) is 5.76 Å². The Balaban J connectivity index is 1.78. The molecule has 0 aliphatic rings. The third-order valence-electron chi connectivity index (χ3n) is 4.00. The first-order valence-electron chi connectivity index (χ1n) is 8.21. The quantitative estimate of drug-likeness (QED) is 0.618. The summed E-state index contributed by atoms with van der Waals surface area (Å²) < 4.78 is 10.9. The number of anilines is 1. The van der Waals surface area contributed by atoms with E-state index in [-0.39, 0.29) is 0 Å². The minimum Gasteiger partial charge on any atom is -0.441 e. The van der Waals surface area contributed by atoms with E-state index in [0.29, 0.717) is 22.2 Å². The number of nitrogens with zero attached hydrogens (tertiary/aromatic N) is 1. The predicted molar refractivity (Wildman–Crippen MR) is 101 cm³/mol. The standard InChI is InChI=1S/C20H19ClN2O3/c1-12-7-6-8-15(11-12)19-18(13(2)23-26-19)22-20(24)25-14(3)16-9-4-5-10-17(16)21/h4-11,14H,1-3H3,(H,22,24). The van der Waals surface area contributed by atoms with Gasteiger partial charge in [-0.25, -0.2) is 4.79 Å². The number of ether oxygens (including phenoxy) is 1. The second-order valence-corrected chi connectivity index (χ2v) is 6.44. The minimum atomic E-state index is -0.599. The summed E-state index contributed by atoms with van der Waals surface area (Å²) in [5.74, 6) is 0.494. The molecule has 0 radical (unpaired) electrons. The summed E-state index contributed by atoms with van der Waals surface area (Å²) in [6.07, 6.45) is -1.09. The van der Waals surface area contributed by atoms with Crippen molar-refractivity contribution in [1.82, 2.24) is 5.16 Å². The minimum absolute atomic E-state index is 0.493. The Bertz CT molecular complexity index is 936. The summed E-state index contributed by atoms with van der Waals surface area (Å²) in [7, 11) is 0. The number of nitrogens with one attached hydrogen (secondary N) is 1. The zero-order valence-electron chi connectivity index (χ0n) is 14.7. The van der Waals surface area contributed by atoms with E-state index in [1.54, 1.807) is 19.9 Å². The van der Waals surface area contributed by atoms with Gasteiger partial charge in [0.25, 0.3) is 0 Å². The average molecular weight is 371 g/mol. The highest BCUT2D eigenvalue weighted by atomic mass is 35.5. The van der Waals surface area contributed by atoms with Crippen molar-refractivity contribution in [2.45, 2.75) is 26.9 Å². The normalized spacial score (nSPS) is 11.8. The van der Waals surface area contributed by atoms with E-state index < -0.39 is 12.2 Å². The first-order valence-corrected chi connectivity index (χ1v) is 8.59. The second-order valence-electron chi connectivity index (χ2n) is 6.04. The first-order chi connectivity index (χ1) is 12.5. The topological polar surface area (TPSA) is 64.4 Å². The van der Waals surface area contributed by atoms with Crippen LogP contribution in [-0.4, -0.2) is 11.2 Å². The molecule has 6 heteroatoms. The highest BCUT2D eigenvalue weighted by Gasteiger charge is 2.20. The van der Waals surface area contributed by atoms with Gasteiger partial charge < -0.3 is 9.26 Å². The van der Waals surface area contributed by atoms with E-state index in [9.17, 15) is 4.79 Å². The number of benzene rings is 2. The number of carbonyl (C=O) groups is 1. The lowest BCUT2D eigenvalue weighted by atomic mass is 10.1. The molecule has 1 heterocycles. The monoisotopic (exact) mass is 370 g/mol. The Morgan fingerprint density at radius 2 is 1.96 bits per heavy atom. The number of halogens is 1. The van der Waals surface area contributed by atoms with Crippen molar-refractivity contribution < 1.29 is 14.1 Å². The van der Waals surface area contributed by atoms with E-state index >= 15 is 0 Å². The summed E-state index contributed by atoms with van der Waals surface area (Å²) in [6, 6.07) is 15.0. The summed E-state index contributed by atoms with van der Waals surface area (Å²) in [5.41, 5.74) is 3.72. The van der Waals surface area contributed by atoms with Gasteiger partial charge in [-0.3, -0.25) is 5.32 Å². The third-order valence-corrected chi connectivity index (χ3v) is 4.34. The molecule has 5 nitrogen and oxygen atoms in total. The van der Waals surface area contributed by atoms with Gasteiger partial charge in [-0.1, -0.05) is 58.7 Å². The molecule has 1 N–H and O–H groups in total. The summed E-state index contributed by atoms with van der Waals surface area (Å²) in [6.45, 7) is 5.51. The Labute approximate surface area is 156 Å². The Hall–Kier alpha value is -2.79. The molecule has 1 aromatic heterocycles. The van der Waals surface area contributed by atoms with Crippen LogP contribution in [0.4, 0.5) is 10.5 Å². The van der Waals surface area contributed by atoms with Crippen LogP contribution in [-0.2, 0) is 4.74 Å². The van der Waals surface area contributed by atoms with Gasteiger partial charge in [0, 0.05) is 16.1 Å². The van der Waals surface area contributed by atoms with Gasteiger partial charge in [-0.05, 0) is 32.9 Å². The van der Waals surface area contributed by atoms with Crippen LogP contribution in [0.5, 0.6) is 0 Å². The smallest absolute Gasteiger partial charge is 0.412 e. The molecule has 2 aromatic carbocycles. The molecule has 26 heavy (non-hydrogen) atoms. The molecule has 0 saturated heterocycles. The van der Waals surface area contributed by atoms with Crippen LogP contribution >= 0.6 is 11.6 Å². The van der Waals surface area contributed by atoms with E-state index in [0.717, 1.165) is 16.7 Å². The van der Waals surface area contributed by atoms with Crippen molar-refractivity contribution in [3.8, 4) is 11.3 Å². The number of rotatable bonds is 4. The number of hydrogen-bond acceptors (Lipinski definition) is 4. The van der Waals surface area contributed by atoms with E-state index in [1.807, 2.05) is 49.4 Å². The van der Waals surface area contributed by atoms with Gasteiger partial charge in [0.05, 0.1) is 0 Å². The lowest BCUT2D eigenvalue weighted by Gasteiger charge is -2.15. The van der Waals surface area contributed by atoms with Gasteiger partial charge in [0.1, 0.15) is 17.5 Å². The van der Waals surface area contributed by atoms with Crippen molar-refractivity contribution in [3.63, 3.8) is 0 Å². The molecule has 1 amide bonds. The van der Waals surface area contributed by atoms with Crippen LogP contribution in [0.3, 0.4) is 0 Å². The number of amides is 1.